The van der Waals surface area contributed by atoms with Crippen molar-refractivity contribution in [1.29, 1.82) is 0 Å². The summed E-state index contributed by atoms with van der Waals surface area (Å²) in [6.07, 6.45) is 0. The third kappa shape index (κ3) is 5.42. The molecule has 0 fully saturated rings. The summed E-state index contributed by atoms with van der Waals surface area (Å²) in [6, 6.07) is 4.82. The fraction of sp³-hybridized carbons (Fsp3) is 0.231. The molecule has 19 heavy (non-hydrogen) atoms. The van der Waals surface area contributed by atoms with Crippen molar-refractivity contribution < 1.29 is 14.7 Å². The van der Waals surface area contributed by atoms with Crippen LogP contribution in [0.25, 0.3) is 0 Å². The van der Waals surface area contributed by atoms with Gasteiger partial charge in [0.05, 0.1) is 12.2 Å². The van der Waals surface area contributed by atoms with E-state index in [4.69, 9.17) is 16.7 Å². The monoisotopic (exact) mass is 280 g/mol. The quantitative estimate of drug-likeness (QED) is 0.715. The van der Waals surface area contributed by atoms with E-state index < -0.39 is 0 Å². The number of nitrogens with one attached hydrogen (secondary N) is 2. The van der Waals surface area contributed by atoms with Gasteiger partial charge in [-0.05, 0) is 18.2 Å². The number of carbonyl (C=O) groups excluding carboxylic acids is 2. The molecule has 1 rings (SSSR count). The third-order valence-corrected chi connectivity index (χ3v) is 2.29. The molecule has 0 saturated carbocycles. The molecule has 0 spiro atoms. The smallest absolute Gasteiger partial charge is 0.243 e. The van der Waals surface area contributed by atoms with Crippen LogP contribution < -0.4 is 10.6 Å². The lowest BCUT2D eigenvalue weighted by molar-refractivity contribution is -0.122. The highest BCUT2D eigenvalue weighted by Crippen LogP contribution is 2.20. The number of hydrogen-bond donors (Lipinski definition) is 3. The van der Waals surface area contributed by atoms with Crippen molar-refractivity contribution in [2.24, 2.45) is 0 Å². The van der Waals surface area contributed by atoms with E-state index in [0.717, 1.165) is 0 Å². The molecule has 0 aliphatic carbocycles. The number of halogens is 1. The summed E-state index contributed by atoms with van der Waals surface area (Å²) in [5.41, 5.74) is 0.971. The third-order valence-electron chi connectivity index (χ3n) is 2.06. The fourth-order valence-electron chi connectivity index (χ4n) is 1.26. The maximum Gasteiger partial charge on any atom is 0.243 e. The number of anilines is 1. The van der Waals surface area contributed by atoms with Gasteiger partial charge in [0.2, 0.25) is 11.8 Å². The molecule has 0 aliphatic rings. The molecule has 0 atom stereocenters. The molecular weight excluding hydrogens is 268 g/mol. The fourth-order valence-corrected chi connectivity index (χ4v) is 1.43. The largest absolute Gasteiger partial charge is 0.384 e. The zero-order valence-corrected chi connectivity index (χ0v) is 11.0. The second-order valence-electron chi connectivity index (χ2n) is 3.61. The van der Waals surface area contributed by atoms with Crippen LogP contribution in [0.2, 0.25) is 5.02 Å². The standard InChI is InChI=1S/C13H13ClN2O3/c1-9(18)15-8-13(19)16-12-7-11(14)5-4-10(12)3-2-6-17/h4-5,7,17H,6,8H2,1H3,(H,15,18)(H,16,19). The van der Waals surface area contributed by atoms with E-state index in [-0.39, 0.29) is 25.0 Å². The van der Waals surface area contributed by atoms with Crippen molar-refractivity contribution in [2.45, 2.75) is 6.92 Å². The van der Waals surface area contributed by atoms with Gasteiger partial charge >= 0.3 is 0 Å². The van der Waals surface area contributed by atoms with Crippen LogP contribution in [0.5, 0.6) is 0 Å². The van der Waals surface area contributed by atoms with E-state index in [1.165, 1.54) is 6.92 Å². The first kappa shape index (κ1) is 15.0. The Labute approximate surface area is 116 Å². The molecule has 0 bridgehead atoms. The van der Waals surface area contributed by atoms with Crippen LogP contribution in [0.4, 0.5) is 5.69 Å². The second-order valence-corrected chi connectivity index (χ2v) is 4.04. The SMILES string of the molecule is CC(=O)NCC(=O)Nc1cc(Cl)ccc1C#CCO. The second kappa shape index (κ2) is 7.41. The topological polar surface area (TPSA) is 78.4 Å². The van der Waals surface area contributed by atoms with Crippen molar-refractivity contribution >= 4 is 29.1 Å². The molecule has 3 N–H and O–H groups in total. The summed E-state index contributed by atoms with van der Waals surface area (Å²) in [6.45, 7) is 0.918. The van der Waals surface area contributed by atoms with Gasteiger partial charge < -0.3 is 15.7 Å². The van der Waals surface area contributed by atoms with Gasteiger partial charge in [0.25, 0.3) is 0 Å². The Balaban J connectivity index is 2.83. The average Bonchev–Trinajstić information content (AvgIpc) is 2.35. The lowest BCUT2D eigenvalue weighted by Gasteiger charge is -2.08. The first-order valence-corrected chi connectivity index (χ1v) is 5.84. The Morgan fingerprint density at radius 2 is 2.16 bits per heavy atom. The minimum absolute atomic E-state index is 0.130. The number of amides is 2. The zero-order chi connectivity index (χ0) is 14.3. The van der Waals surface area contributed by atoms with Crippen LogP contribution in [-0.2, 0) is 9.59 Å². The molecule has 100 valence electrons. The van der Waals surface area contributed by atoms with Crippen LogP contribution >= 0.6 is 11.6 Å². The minimum Gasteiger partial charge on any atom is -0.384 e. The van der Waals surface area contributed by atoms with Crippen LogP contribution in [0, 0.1) is 11.8 Å². The Kier molecular flexibility index (Phi) is 5.86. The van der Waals surface area contributed by atoms with Gasteiger partial charge in [-0.2, -0.15) is 0 Å². The van der Waals surface area contributed by atoms with E-state index in [0.29, 0.717) is 16.3 Å². The molecule has 1 aromatic rings. The van der Waals surface area contributed by atoms with Gasteiger partial charge in [-0.3, -0.25) is 9.59 Å². The van der Waals surface area contributed by atoms with Gasteiger partial charge in [-0.1, -0.05) is 23.4 Å². The Bertz CT molecular complexity index is 547. The number of aliphatic hydroxyl groups excluding tert-OH is 1. The van der Waals surface area contributed by atoms with E-state index in [1.54, 1.807) is 18.2 Å². The molecule has 0 saturated heterocycles. The summed E-state index contributed by atoms with van der Waals surface area (Å²) in [4.78, 5) is 22.3. The van der Waals surface area contributed by atoms with E-state index >= 15 is 0 Å². The Hall–Kier alpha value is -2.03. The first-order valence-electron chi connectivity index (χ1n) is 5.46. The molecule has 1 aromatic carbocycles. The molecule has 0 radical (unpaired) electrons. The molecule has 0 unspecified atom stereocenters. The molecule has 2 amide bonds. The van der Waals surface area contributed by atoms with E-state index in [2.05, 4.69) is 22.5 Å². The Morgan fingerprint density at radius 1 is 1.42 bits per heavy atom. The van der Waals surface area contributed by atoms with Crippen molar-refractivity contribution in [3.63, 3.8) is 0 Å². The predicted molar refractivity (Wildman–Crippen MR) is 72.7 cm³/mol. The number of benzene rings is 1. The number of carbonyl (C=O) groups is 2. The van der Waals surface area contributed by atoms with Crippen LogP contribution in [0.1, 0.15) is 12.5 Å². The highest BCUT2D eigenvalue weighted by Gasteiger charge is 2.07. The van der Waals surface area contributed by atoms with Gasteiger partial charge in [0, 0.05) is 17.5 Å². The number of rotatable bonds is 3. The minimum atomic E-state index is -0.385. The average molecular weight is 281 g/mol. The summed E-state index contributed by atoms with van der Waals surface area (Å²) in [5.74, 6) is 4.51. The normalized spacial score (nSPS) is 9.21. The van der Waals surface area contributed by atoms with Crippen LogP contribution in [0.15, 0.2) is 18.2 Å². The zero-order valence-electron chi connectivity index (χ0n) is 10.3. The maximum absolute atomic E-state index is 11.6. The summed E-state index contributed by atoms with van der Waals surface area (Å²) in [5, 5.41) is 14.1. The molecular formula is C13H13ClN2O3. The van der Waals surface area contributed by atoms with Crippen molar-refractivity contribution in [2.75, 3.05) is 18.5 Å². The predicted octanol–water partition coefficient (Wildman–Crippen LogP) is 0.758. The number of aliphatic hydroxyl groups is 1. The van der Waals surface area contributed by atoms with Gasteiger partial charge in [-0.15, -0.1) is 0 Å². The molecule has 0 aliphatic heterocycles. The lowest BCUT2D eigenvalue weighted by Crippen LogP contribution is -2.31. The first-order chi connectivity index (χ1) is 9.02. The molecule has 6 heteroatoms. The lowest BCUT2D eigenvalue weighted by atomic mass is 10.2. The number of hydrogen-bond acceptors (Lipinski definition) is 3. The molecule has 0 aromatic heterocycles. The van der Waals surface area contributed by atoms with Crippen LogP contribution in [0.3, 0.4) is 0 Å². The van der Waals surface area contributed by atoms with Crippen molar-refractivity contribution in [1.82, 2.24) is 5.32 Å². The maximum atomic E-state index is 11.6. The summed E-state index contributed by atoms with van der Waals surface area (Å²) >= 11 is 5.84. The highest BCUT2D eigenvalue weighted by molar-refractivity contribution is 6.31. The van der Waals surface area contributed by atoms with E-state index in [1.807, 2.05) is 0 Å². The molecule has 0 heterocycles. The van der Waals surface area contributed by atoms with Crippen LogP contribution in [-0.4, -0.2) is 30.1 Å². The van der Waals surface area contributed by atoms with Crippen molar-refractivity contribution in [3.05, 3.63) is 28.8 Å². The highest BCUT2D eigenvalue weighted by atomic mass is 35.5. The van der Waals surface area contributed by atoms with E-state index in [9.17, 15) is 9.59 Å². The van der Waals surface area contributed by atoms with Gasteiger partial charge in [0.15, 0.2) is 0 Å². The summed E-state index contributed by atoms with van der Waals surface area (Å²) in [7, 11) is 0. The summed E-state index contributed by atoms with van der Waals surface area (Å²) < 4.78 is 0. The Morgan fingerprint density at radius 3 is 2.79 bits per heavy atom. The molecule has 5 nitrogen and oxygen atoms in total. The van der Waals surface area contributed by atoms with Crippen molar-refractivity contribution in [3.8, 4) is 11.8 Å². The van der Waals surface area contributed by atoms with Gasteiger partial charge in [0.1, 0.15) is 6.61 Å². The van der Waals surface area contributed by atoms with Gasteiger partial charge in [-0.25, -0.2) is 0 Å².